The molecule has 8 atom stereocenters. The summed E-state index contributed by atoms with van der Waals surface area (Å²) in [5.41, 5.74) is 0.991. The topological polar surface area (TPSA) is 20.2 Å². The first-order chi connectivity index (χ1) is 10.5. The summed E-state index contributed by atoms with van der Waals surface area (Å²) in [7, 11) is 0. The average Bonchev–Trinajstić information content (AvgIpc) is 2.84. The van der Waals surface area contributed by atoms with Crippen LogP contribution in [-0.4, -0.2) is 11.2 Å². The van der Waals surface area contributed by atoms with Gasteiger partial charge >= 0.3 is 0 Å². The first-order valence-corrected chi connectivity index (χ1v) is 9.80. The number of rotatable bonds is 1. The highest BCUT2D eigenvalue weighted by Gasteiger charge is 2.59. The molecule has 0 radical (unpaired) electrons. The van der Waals surface area contributed by atoms with E-state index in [2.05, 4.69) is 26.0 Å². The largest absolute Gasteiger partial charge is 0.393 e. The second-order valence-electron chi connectivity index (χ2n) is 9.54. The van der Waals surface area contributed by atoms with Crippen molar-refractivity contribution in [3.63, 3.8) is 0 Å². The molecule has 0 heterocycles. The van der Waals surface area contributed by atoms with Crippen molar-refractivity contribution in [3.05, 3.63) is 12.2 Å². The smallest absolute Gasteiger partial charge is 0.0545 e. The van der Waals surface area contributed by atoms with Gasteiger partial charge in [0.05, 0.1) is 6.10 Å². The quantitative estimate of drug-likeness (QED) is 0.661. The molecule has 0 saturated heterocycles. The molecule has 22 heavy (non-hydrogen) atoms. The second-order valence-corrected chi connectivity index (χ2v) is 9.54. The first kappa shape index (κ1) is 15.2. The lowest BCUT2D eigenvalue weighted by atomic mass is 9.45. The van der Waals surface area contributed by atoms with Crippen LogP contribution in [0.2, 0.25) is 0 Å². The Balaban J connectivity index is 1.64. The van der Waals surface area contributed by atoms with Crippen molar-refractivity contribution in [2.45, 2.75) is 78.2 Å². The van der Waals surface area contributed by atoms with Crippen molar-refractivity contribution in [1.29, 1.82) is 0 Å². The SMILES string of the molecule is CC(O)[C@H]1CCC2C3CCC4CC=CC[C@]4(C)C3CC[C@@]21C. The molecule has 0 bridgehead atoms. The molecule has 124 valence electrons. The first-order valence-electron chi connectivity index (χ1n) is 9.80. The van der Waals surface area contributed by atoms with E-state index >= 15 is 0 Å². The van der Waals surface area contributed by atoms with Crippen LogP contribution in [0.4, 0.5) is 0 Å². The van der Waals surface area contributed by atoms with Gasteiger partial charge in [0.2, 0.25) is 0 Å². The van der Waals surface area contributed by atoms with E-state index in [0.29, 0.717) is 16.7 Å². The van der Waals surface area contributed by atoms with Gasteiger partial charge in [0.25, 0.3) is 0 Å². The van der Waals surface area contributed by atoms with Crippen molar-refractivity contribution >= 4 is 0 Å². The molecule has 1 nitrogen and oxygen atoms in total. The van der Waals surface area contributed by atoms with Crippen LogP contribution in [0.15, 0.2) is 12.2 Å². The lowest BCUT2D eigenvalue weighted by Crippen LogP contribution is -2.52. The molecule has 0 spiro atoms. The molecule has 3 fully saturated rings. The maximum absolute atomic E-state index is 10.3. The van der Waals surface area contributed by atoms with E-state index in [1.165, 1.54) is 51.4 Å². The van der Waals surface area contributed by atoms with Gasteiger partial charge in [0.1, 0.15) is 0 Å². The molecule has 4 aliphatic rings. The van der Waals surface area contributed by atoms with E-state index < -0.39 is 0 Å². The molecule has 0 amide bonds. The summed E-state index contributed by atoms with van der Waals surface area (Å²) in [6.07, 6.45) is 15.8. The van der Waals surface area contributed by atoms with Gasteiger partial charge < -0.3 is 5.11 Å². The molecule has 3 saturated carbocycles. The van der Waals surface area contributed by atoms with Gasteiger partial charge in [-0.3, -0.25) is 0 Å². The van der Waals surface area contributed by atoms with Crippen LogP contribution in [-0.2, 0) is 0 Å². The average molecular weight is 303 g/mol. The van der Waals surface area contributed by atoms with Crippen LogP contribution < -0.4 is 0 Å². The maximum atomic E-state index is 10.3. The zero-order valence-corrected chi connectivity index (χ0v) is 14.7. The summed E-state index contributed by atoms with van der Waals surface area (Å²) >= 11 is 0. The molecule has 1 heteroatoms. The molecule has 4 rings (SSSR count). The Kier molecular flexibility index (Phi) is 3.53. The van der Waals surface area contributed by atoms with Gasteiger partial charge in [-0.25, -0.2) is 0 Å². The lowest BCUT2D eigenvalue weighted by molar-refractivity contribution is -0.106. The number of hydrogen-bond acceptors (Lipinski definition) is 1. The Morgan fingerprint density at radius 2 is 1.73 bits per heavy atom. The Hall–Kier alpha value is -0.300. The highest BCUT2D eigenvalue weighted by atomic mass is 16.3. The minimum atomic E-state index is -0.115. The van der Waals surface area contributed by atoms with Gasteiger partial charge in [-0.15, -0.1) is 0 Å². The fourth-order valence-electron chi connectivity index (χ4n) is 7.67. The summed E-state index contributed by atoms with van der Waals surface area (Å²) in [5.74, 6) is 4.26. The van der Waals surface area contributed by atoms with Gasteiger partial charge in [-0.2, -0.15) is 0 Å². The number of allylic oxidation sites excluding steroid dienone is 2. The Bertz CT molecular complexity index is 467. The van der Waals surface area contributed by atoms with Crippen molar-refractivity contribution in [2.24, 2.45) is 40.4 Å². The maximum Gasteiger partial charge on any atom is 0.0545 e. The number of hydrogen-bond donors (Lipinski definition) is 1. The summed E-state index contributed by atoms with van der Waals surface area (Å²) < 4.78 is 0. The van der Waals surface area contributed by atoms with Crippen LogP contribution in [0.1, 0.15) is 72.1 Å². The zero-order chi connectivity index (χ0) is 15.5. The highest BCUT2D eigenvalue weighted by Crippen LogP contribution is 2.67. The molecule has 4 aliphatic carbocycles. The fourth-order valence-corrected chi connectivity index (χ4v) is 7.67. The molecule has 0 aromatic heterocycles. The summed E-state index contributed by atoms with van der Waals surface area (Å²) in [6.45, 7) is 7.17. The predicted molar refractivity (Wildman–Crippen MR) is 91.4 cm³/mol. The number of fused-ring (bicyclic) bond motifs is 5. The van der Waals surface area contributed by atoms with Crippen molar-refractivity contribution < 1.29 is 5.11 Å². The van der Waals surface area contributed by atoms with E-state index in [1.54, 1.807) is 0 Å². The second kappa shape index (κ2) is 5.10. The van der Waals surface area contributed by atoms with Crippen LogP contribution in [0, 0.1) is 40.4 Å². The third kappa shape index (κ3) is 1.93. The molecular weight excluding hydrogens is 268 g/mol. The number of aliphatic hydroxyl groups excluding tert-OH is 1. The van der Waals surface area contributed by atoms with E-state index in [9.17, 15) is 5.11 Å². The normalized spacial score (nSPS) is 55.2. The van der Waals surface area contributed by atoms with Crippen LogP contribution in [0.3, 0.4) is 0 Å². The Morgan fingerprint density at radius 1 is 0.955 bits per heavy atom. The Morgan fingerprint density at radius 3 is 2.50 bits per heavy atom. The highest BCUT2D eigenvalue weighted by molar-refractivity contribution is 5.12. The van der Waals surface area contributed by atoms with Crippen molar-refractivity contribution in [3.8, 4) is 0 Å². The molecule has 1 N–H and O–H groups in total. The lowest BCUT2D eigenvalue weighted by Gasteiger charge is -2.60. The number of aliphatic hydroxyl groups is 1. The van der Waals surface area contributed by atoms with Gasteiger partial charge in [-0.1, -0.05) is 26.0 Å². The minimum absolute atomic E-state index is 0.115. The molecule has 0 aromatic rings. The van der Waals surface area contributed by atoms with Crippen LogP contribution in [0.25, 0.3) is 0 Å². The Labute approximate surface area is 136 Å². The molecule has 5 unspecified atom stereocenters. The van der Waals surface area contributed by atoms with Crippen LogP contribution in [0.5, 0.6) is 0 Å². The molecular formula is C21H34O. The van der Waals surface area contributed by atoms with E-state index in [4.69, 9.17) is 0 Å². The van der Waals surface area contributed by atoms with E-state index in [-0.39, 0.29) is 6.10 Å². The van der Waals surface area contributed by atoms with Crippen LogP contribution >= 0.6 is 0 Å². The van der Waals surface area contributed by atoms with Gasteiger partial charge in [0, 0.05) is 0 Å². The monoisotopic (exact) mass is 302 g/mol. The van der Waals surface area contributed by atoms with E-state index in [1.807, 2.05) is 6.92 Å². The van der Waals surface area contributed by atoms with Gasteiger partial charge in [-0.05, 0) is 98.7 Å². The predicted octanol–water partition coefficient (Wildman–Crippen LogP) is 5.19. The summed E-state index contributed by atoms with van der Waals surface area (Å²) in [5, 5.41) is 10.3. The van der Waals surface area contributed by atoms with Crippen molar-refractivity contribution in [2.75, 3.05) is 0 Å². The van der Waals surface area contributed by atoms with E-state index in [0.717, 1.165) is 23.7 Å². The molecule has 0 aromatic carbocycles. The van der Waals surface area contributed by atoms with Gasteiger partial charge in [0.15, 0.2) is 0 Å². The summed E-state index contributed by atoms with van der Waals surface area (Å²) in [4.78, 5) is 0. The standard InChI is InChI=1S/C21H34O/c1-14(22)17-9-10-18-16-8-7-15-6-4-5-12-20(15,2)19(16)11-13-21(17,18)3/h4-5,14-19,22H,6-13H2,1-3H3/t14?,15?,16?,17-,18?,19?,20+,21-/m1/s1. The zero-order valence-electron chi connectivity index (χ0n) is 14.7. The fraction of sp³-hybridized carbons (Fsp3) is 0.905. The minimum Gasteiger partial charge on any atom is -0.393 e. The van der Waals surface area contributed by atoms with Crippen molar-refractivity contribution in [1.82, 2.24) is 0 Å². The third-order valence-corrected chi connectivity index (χ3v) is 8.87. The third-order valence-electron chi connectivity index (χ3n) is 8.87. The summed E-state index contributed by atoms with van der Waals surface area (Å²) in [6, 6.07) is 0. The molecule has 0 aliphatic heterocycles.